The Morgan fingerprint density at radius 3 is 2.54 bits per heavy atom. The van der Waals surface area contributed by atoms with Gasteiger partial charge in [0.25, 0.3) is 0 Å². The third kappa shape index (κ3) is 3.49. The van der Waals surface area contributed by atoms with Gasteiger partial charge in [0.15, 0.2) is 5.82 Å². The number of fused-ring (bicyclic) bond motifs is 3. The average Bonchev–Trinajstić information content (AvgIpc) is 2.94. The number of hydrogen-bond donors (Lipinski definition) is 2. The first-order valence-corrected chi connectivity index (χ1v) is 8.73. The summed E-state index contributed by atoms with van der Waals surface area (Å²) < 4.78 is 7.77. The molecule has 2 heterocycles. The largest absolute Gasteiger partial charge is 0.388 e. The van der Waals surface area contributed by atoms with Gasteiger partial charge in [0.1, 0.15) is 11.3 Å². The van der Waals surface area contributed by atoms with Gasteiger partial charge in [-0.1, -0.05) is 25.1 Å². The fraction of sp³-hybridized carbons (Fsp3) is 0.474. The van der Waals surface area contributed by atoms with E-state index in [1.807, 2.05) is 38.1 Å². The maximum absolute atomic E-state index is 10.8. The van der Waals surface area contributed by atoms with Crippen molar-refractivity contribution in [1.82, 2.24) is 14.5 Å². The molecule has 1 atom stereocenters. The maximum Gasteiger partial charge on any atom is 0.152 e. The number of ether oxygens (including phenoxy) is 1. The predicted molar refractivity (Wildman–Crippen MR) is 108 cm³/mol. The van der Waals surface area contributed by atoms with E-state index in [9.17, 15) is 5.11 Å². The number of anilines is 1. The maximum atomic E-state index is 10.8. The van der Waals surface area contributed by atoms with Crippen molar-refractivity contribution >= 4 is 40.2 Å². The van der Waals surface area contributed by atoms with Crippen molar-refractivity contribution in [2.75, 3.05) is 18.9 Å². The second-order valence-corrected chi connectivity index (χ2v) is 6.79. The molecule has 0 aliphatic heterocycles. The Bertz CT molecular complexity index is 902. The number of aliphatic hydroxyl groups is 1. The lowest BCUT2D eigenvalue weighted by molar-refractivity contribution is -0.0191. The first-order valence-electron chi connectivity index (χ1n) is 8.73. The molecular formula is C19H27ClN4O2. The molecule has 0 saturated heterocycles. The number of benzene rings is 1. The van der Waals surface area contributed by atoms with E-state index in [0.717, 1.165) is 28.7 Å². The van der Waals surface area contributed by atoms with Gasteiger partial charge in [-0.25, -0.2) is 9.97 Å². The van der Waals surface area contributed by atoms with Gasteiger partial charge in [-0.3, -0.25) is 0 Å². The average molecular weight is 379 g/mol. The van der Waals surface area contributed by atoms with Crippen LogP contribution in [0.5, 0.6) is 0 Å². The predicted octanol–water partition coefficient (Wildman–Crippen LogP) is 3.50. The van der Waals surface area contributed by atoms with Crippen LogP contribution in [0, 0.1) is 0 Å². The van der Waals surface area contributed by atoms with Crippen LogP contribution in [0.15, 0.2) is 24.3 Å². The second kappa shape index (κ2) is 7.78. The standard InChI is InChI=1S/C19H26N4O2.ClH/c1-5-15-22-16-17(12-9-7-8-10-13(12)21-18(16)20)23(15)14(11-25-6-2)19(3,4)24;/h7-10,14,24H,5-6,11H2,1-4H3,(H2,20,21);1H. The van der Waals surface area contributed by atoms with E-state index in [1.165, 1.54) is 0 Å². The quantitative estimate of drug-likeness (QED) is 0.685. The summed E-state index contributed by atoms with van der Waals surface area (Å²) in [7, 11) is 0. The number of halogens is 1. The zero-order valence-corrected chi connectivity index (χ0v) is 16.5. The van der Waals surface area contributed by atoms with Crippen molar-refractivity contribution in [3.63, 3.8) is 0 Å². The molecule has 0 fully saturated rings. The van der Waals surface area contributed by atoms with Gasteiger partial charge in [-0.15, -0.1) is 12.4 Å². The summed E-state index contributed by atoms with van der Waals surface area (Å²) in [4.78, 5) is 9.22. The molecule has 0 radical (unpaired) electrons. The number of imidazole rings is 1. The number of aromatic nitrogens is 3. The lowest BCUT2D eigenvalue weighted by Gasteiger charge is -2.32. The van der Waals surface area contributed by atoms with Crippen LogP contribution >= 0.6 is 12.4 Å². The normalized spacial score (nSPS) is 13.1. The van der Waals surface area contributed by atoms with Crippen LogP contribution in [-0.4, -0.2) is 38.5 Å². The molecule has 26 heavy (non-hydrogen) atoms. The molecule has 7 heteroatoms. The van der Waals surface area contributed by atoms with Crippen LogP contribution in [0.2, 0.25) is 0 Å². The van der Waals surface area contributed by atoms with Crippen molar-refractivity contribution in [1.29, 1.82) is 0 Å². The summed E-state index contributed by atoms with van der Waals surface area (Å²) in [6, 6.07) is 7.59. The molecule has 3 rings (SSSR count). The monoisotopic (exact) mass is 378 g/mol. The number of para-hydroxylation sites is 1. The van der Waals surface area contributed by atoms with E-state index in [1.54, 1.807) is 13.8 Å². The molecule has 1 unspecified atom stereocenters. The van der Waals surface area contributed by atoms with E-state index in [-0.39, 0.29) is 18.4 Å². The molecule has 0 aliphatic rings. The van der Waals surface area contributed by atoms with Crippen molar-refractivity contribution in [2.24, 2.45) is 0 Å². The number of nitrogens with two attached hydrogens (primary N) is 1. The minimum atomic E-state index is -0.980. The number of hydrogen-bond acceptors (Lipinski definition) is 5. The summed E-state index contributed by atoms with van der Waals surface area (Å²) in [5.41, 5.74) is 7.62. The van der Waals surface area contributed by atoms with Crippen LogP contribution in [-0.2, 0) is 11.2 Å². The van der Waals surface area contributed by atoms with Crippen LogP contribution in [0.4, 0.5) is 5.82 Å². The molecule has 0 spiro atoms. The van der Waals surface area contributed by atoms with E-state index in [2.05, 4.69) is 9.55 Å². The molecular weight excluding hydrogens is 352 g/mol. The topological polar surface area (TPSA) is 86.2 Å². The molecule has 3 N–H and O–H groups in total. The molecule has 0 aliphatic carbocycles. The SMILES string of the molecule is CCOCC(n1c(CC)nc2c(N)nc3ccccc3c21)C(C)(C)O.Cl. The lowest BCUT2D eigenvalue weighted by atomic mass is 9.98. The van der Waals surface area contributed by atoms with E-state index in [4.69, 9.17) is 15.5 Å². The minimum absolute atomic E-state index is 0. The Labute approximate surface area is 159 Å². The molecule has 3 aromatic rings. The lowest BCUT2D eigenvalue weighted by Crippen LogP contribution is -2.37. The van der Waals surface area contributed by atoms with Gasteiger partial charge in [0.05, 0.1) is 29.3 Å². The summed E-state index contributed by atoms with van der Waals surface area (Å²) in [5.74, 6) is 1.28. The first-order chi connectivity index (χ1) is 11.9. The number of aryl methyl sites for hydroxylation is 1. The molecule has 0 amide bonds. The zero-order chi connectivity index (χ0) is 18.2. The van der Waals surface area contributed by atoms with Gasteiger partial charge in [0.2, 0.25) is 0 Å². The van der Waals surface area contributed by atoms with Crippen LogP contribution in [0.25, 0.3) is 21.9 Å². The molecule has 1 aromatic carbocycles. The van der Waals surface area contributed by atoms with Crippen molar-refractivity contribution < 1.29 is 9.84 Å². The van der Waals surface area contributed by atoms with Crippen molar-refractivity contribution in [3.05, 3.63) is 30.1 Å². The number of pyridine rings is 1. The van der Waals surface area contributed by atoms with Crippen LogP contribution < -0.4 is 5.73 Å². The van der Waals surface area contributed by atoms with Gasteiger partial charge in [0, 0.05) is 18.4 Å². The summed E-state index contributed by atoms with van der Waals surface area (Å²) in [6.45, 7) is 8.58. The van der Waals surface area contributed by atoms with Crippen molar-refractivity contribution in [2.45, 2.75) is 45.8 Å². The van der Waals surface area contributed by atoms with Crippen LogP contribution in [0.1, 0.15) is 39.6 Å². The third-order valence-corrected chi connectivity index (χ3v) is 4.55. The van der Waals surface area contributed by atoms with Crippen molar-refractivity contribution in [3.8, 4) is 0 Å². The molecule has 142 valence electrons. The minimum Gasteiger partial charge on any atom is -0.388 e. The van der Waals surface area contributed by atoms with Gasteiger partial charge >= 0.3 is 0 Å². The summed E-state index contributed by atoms with van der Waals surface area (Å²) in [6.07, 6.45) is 0.723. The number of nitrogen functional groups attached to an aromatic ring is 1. The second-order valence-electron chi connectivity index (χ2n) is 6.79. The van der Waals surface area contributed by atoms with Gasteiger partial charge in [-0.2, -0.15) is 0 Å². The number of rotatable bonds is 6. The Morgan fingerprint density at radius 2 is 1.92 bits per heavy atom. The Hall–Kier alpha value is -1.89. The highest BCUT2D eigenvalue weighted by molar-refractivity contribution is 6.06. The highest BCUT2D eigenvalue weighted by Crippen LogP contribution is 2.34. The molecule has 2 aromatic heterocycles. The Balaban J connectivity index is 0.00000243. The van der Waals surface area contributed by atoms with E-state index < -0.39 is 5.60 Å². The van der Waals surface area contributed by atoms with Gasteiger partial charge in [-0.05, 0) is 26.8 Å². The first kappa shape index (κ1) is 20.4. The Kier molecular flexibility index (Phi) is 6.11. The number of nitrogens with zero attached hydrogens (tertiary/aromatic N) is 3. The Morgan fingerprint density at radius 1 is 1.23 bits per heavy atom. The fourth-order valence-corrected chi connectivity index (χ4v) is 3.28. The highest BCUT2D eigenvalue weighted by atomic mass is 35.5. The molecule has 6 nitrogen and oxygen atoms in total. The summed E-state index contributed by atoms with van der Waals surface area (Å²) >= 11 is 0. The van der Waals surface area contributed by atoms with Crippen LogP contribution in [0.3, 0.4) is 0 Å². The third-order valence-electron chi connectivity index (χ3n) is 4.55. The van der Waals surface area contributed by atoms with Gasteiger partial charge < -0.3 is 20.1 Å². The van der Waals surface area contributed by atoms with E-state index >= 15 is 0 Å². The molecule has 0 bridgehead atoms. The summed E-state index contributed by atoms with van der Waals surface area (Å²) in [5, 5.41) is 11.8. The molecule has 0 saturated carbocycles. The smallest absolute Gasteiger partial charge is 0.152 e. The zero-order valence-electron chi connectivity index (χ0n) is 15.7. The highest BCUT2D eigenvalue weighted by Gasteiger charge is 2.32. The fourth-order valence-electron chi connectivity index (χ4n) is 3.28. The van der Waals surface area contributed by atoms with E-state index in [0.29, 0.717) is 24.5 Å².